The summed E-state index contributed by atoms with van der Waals surface area (Å²) in [7, 11) is 0. The van der Waals surface area contributed by atoms with Gasteiger partial charge in [-0.1, -0.05) is 12.8 Å². The fourth-order valence-electron chi connectivity index (χ4n) is 2.76. The third-order valence-electron chi connectivity index (χ3n) is 4.00. The summed E-state index contributed by atoms with van der Waals surface area (Å²) in [5.41, 5.74) is -0.625. The molecule has 1 aliphatic rings. The number of alkyl halides is 3. The molecular formula is C16H17F3N4O. The van der Waals surface area contributed by atoms with Gasteiger partial charge < -0.3 is 10.4 Å². The minimum Gasteiger partial charge on any atom is -0.391 e. The first-order valence-electron chi connectivity index (χ1n) is 7.75. The van der Waals surface area contributed by atoms with Crippen molar-refractivity contribution in [2.75, 3.05) is 5.32 Å². The zero-order valence-corrected chi connectivity index (χ0v) is 12.8. The molecule has 0 unspecified atom stereocenters. The Morgan fingerprint density at radius 1 is 1.17 bits per heavy atom. The van der Waals surface area contributed by atoms with Crippen molar-refractivity contribution >= 4 is 5.82 Å². The second kappa shape index (κ2) is 6.72. The summed E-state index contributed by atoms with van der Waals surface area (Å²) in [6.45, 7) is 0. The molecule has 0 amide bonds. The van der Waals surface area contributed by atoms with Crippen LogP contribution in [0.3, 0.4) is 0 Å². The fraction of sp³-hybridized carbons (Fsp3) is 0.438. The lowest BCUT2D eigenvalue weighted by atomic mass is 9.92. The van der Waals surface area contributed by atoms with Crippen LogP contribution in [0.15, 0.2) is 30.6 Å². The maximum Gasteiger partial charge on any atom is 0.433 e. The second-order valence-corrected chi connectivity index (χ2v) is 5.80. The number of pyridine rings is 1. The van der Waals surface area contributed by atoms with Gasteiger partial charge in [0.1, 0.15) is 5.82 Å². The quantitative estimate of drug-likeness (QED) is 0.899. The number of nitrogens with one attached hydrogen (secondary N) is 1. The molecule has 2 N–H and O–H groups in total. The summed E-state index contributed by atoms with van der Waals surface area (Å²) in [5, 5.41) is 12.9. The molecule has 0 saturated heterocycles. The molecule has 3 rings (SSSR count). The molecule has 0 aliphatic heterocycles. The highest BCUT2D eigenvalue weighted by molar-refractivity contribution is 5.56. The van der Waals surface area contributed by atoms with Crippen molar-refractivity contribution in [2.24, 2.45) is 0 Å². The first kappa shape index (κ1) is 16.6. The number of aliphatic hydroxyl groups is 1. The predicted octanol–water partition coefficient (Wildman–Crippen LogP) is 3.27. The number of aromatic nitrogens is 3. The van der Waals surface area contributed by atoms with Crippen LogP contribution in [0.1, 0.15) is 31.4 Å². The van der Waals surface area contributed by atoms with Crippen molar-refractivity contribution < 1.29 is 18.3 Å². The maximum absolute atomic E-state index is 13.1. The van der Waals surface area contributed by atoms with Gasteiger partial charge in [-0.2, -0.15) is 13.2 Å². The van der Waals surface area contributed by atoms with E-state index in [0.29, 0.717) is 18.4 Å². The minimum atomic E-state index is -4.58. The van der Waals surface area contributed by atoms with Crippen molar-refractivity contribution in [1.29, 1.82) is 0 Å². The van der Waals surface area contributed by atoms with Gasteiger partial charge in [-0.25, -0.2) is 9.97 Å². The van der Waals surface area contributed by atoms with E-state index < -0.39 is 18.0 Å². The molecule has 0 radical (unpaired) electrons. The second-order valence-electron chi connectivity index (χ2n) is 5.80. The number of nitrogens with zero attached hydrogens (tertiary/aromatic N) is 3. The van der Waals surface area contributed by atoms with Gasteiger partial charge in [-0.15, -0.1) is 0 Å². The summed E-state index contributed by atoms with van der Waals surface area (Å²) >= 11 is 0. The first-order chi connectivity index (χ1) is 11.4. The van der Waals surface area contributed by atoms with Gasteiger partial charge in [-0.3, -0.25) is 4.98 Å². The van der Waals surface area contributed by atoms with Crippen LogP contribution < -0.4 is 5.32 Å². The molecule has 2 aromatic rings. The van der Waals surface area contributed by atoms with Gasteiger partial charge in [0.05, 0.1) is 12.1 Å². The van der Waals surface area contributed by atoms with Gasteiger partial charge in [0, 0.05) is 24.0 Å². The molecule has 2 atom stereocenters. The molecule has 1 saturated carbocycles. The predicted molar refractivity (Wildman–Crippen MR) is 82.2 cm³/mol. The molecule has 0 spiro atoms. The molecule has 2 aromatic heterocycles. The Bertz CT molecular complexity index is 693. The van der Waals surface area contributed by atoms with E-state index in [1.807, 2.05) is 0 Å². The number of hydrogen-bond acceptors (Lipinski definition) is 5. The van der Waals surface area contributed by atoms with Crippen LogP contribution in [-0.2, 0) is 6.18 Å². The topological polar surface area (TPSA) is 70.9 Å². The van der Waals surface area contributed by atoms with Crippen LogP contribution in [0.2, 0.25) is 0 Å². The largest absolute Gasteiger partial charge is 0.433 e. The van der Waals surface area contributed by atoms with Gasteiger partial charge in [0.2, 0.25) is 0 Å². The first-order valence-corrected chi connectivity index (χ1v) is 7.75. The lowest BCUT2D eigenvalue weighted by molar-refractivity contribution is -0.141. The van der Waals surface area contributed by atoms with Crippen LogP contribution in [0.5, 0.6) is 0 Å². The third-order valence-corrected chi connectivity index (χ3v) is 4.00. The van der Waals surface area contributed by atoms with Gasteiger partial charge in [-0.05, 0) is 25.0 Å². The van der Waals surface area contributed by atoms with E-state index in [9.17, 15) is 18.3 Å². The Morgan fingerprint density at radius 2 is 1.96 bits per heavy atom. The van der Waals surface area contributed by atoms with Gasteiger partial charge in [0.25, 0.3) is 0 Å². The minimum absolute atomic E-state index is 0.0503. The fourth-order valence-corrected chi connectivity index (χ4v) is 2.76. The van der Waals surface area contributed by atoms with Crippen LogP contribution in [0, 0.1) is 0 Å². The Hall–Kier alpha value is -2.22. The van der Waals surface area contributed by atoms with Gasteiger partial charge >= 0.3 is 6.18 Å². The number of hydrogen-bond donors (Lipinski definition) is 2. The summed E-state index contributed by atoms with van der Waals surface area (Å²) in [5.74, 6) is 0.00727. The molecule has 128 valence electrons. The van der Waals surface area contributed by atoms with E-state index in [1.54, 1.807) is 12.1 Å². The van der Waals surface area contributed by atoms with E-state index in [1.165, 1.54) is 12.4 Å². The smallest absolute Gasteiger partial charge is 0.391 e. The maximum atomic E-state index is 13.1. The number of anilines is 1. The molecule has 2 heterocycles. The monoisotopic (exact) mass is 338 g/mol. The zero-order valence-electron chi connectivity index (χ0n) is 12.8. The Morgan fingerprint density at radius 3 is 2.62 bits per heavy atom. The summed E-state index contributed by atoms with van der Waals surface area (Å²) < 4.78 is 39.4. The van der Waals surface area contributed by atoms with Crippen molar-refractivity contribution in [2.45, 2.75) is 44.0 Å². The number of halogens is 3. The van der Waals surface area contributed by atoms with E-state index in [0.717, 1.165) is 18.9 Å². The van der Waals surface area contributed by atoms with E-state index in [4.69, 9.17) is 0 Å². The average Bonchev–Trinajstić information content (AvgIpc) is 2.57. The lowest BCUT2D eigenvalue weighted by Gasteiger charge is -2.29. The highest BCUT2D eigenvalue weighted by atomic mass is 19.4. The van der Waals surface area contributed by atoms with Crippen LogP contribution in [-0.4, -0.2) is 32.2 Å². The van der Waals surface area contributed by atoms with Crippen molar-refractivity contribution in [3.05, 3.63) is 36.3 Å². The van der Waals surface area contributed by atoms with Crippen molar-refractivity contribution in [1.82, 2.24) is 15.0 Å². The Labute approximate surface area is 137 Å². The molecule has 8 heteroatoms. The average molecular weight is 338 g/mol. The highest BCUT2D eigenvalue weighted by Gasteiger charge is 2.34. The lowest BCUT2D eigenvalue weighted by Crippen LogP contribution is -2.36. The molecule has 1 aliphatic carbocycles. The molecule has 0 aromatic carbocycles. The Balaban J connectivity index is 1.96. The highest BCUT2D eigenvalue weighted by Crippen LogP contribution is 2.31. The van der Waals surface area contributed by atoms with Crippen LogP contribution in [0.4, 0.5) is 19.0 Å². The van der Waals surface area contributed by atoms with E-state index >= 15 is 0 Å². The van der Waals surface area contributed by atoms with Crippen molar-refractivity contribution in [3.8, 4) is 11.4 Å². The number of rotatable bonds is 3. The van der Waals surface area contributed by atoms with Crippen LogP contribution >= 0.6 is 0 Å². The molecule has 24 heavy (non-hydrogen) atoms. The Kier molecular flexibility index (Phi) is 4.66. The summed E-state index contributed by atoms with van der Waals surface area (Å²) in [6.07, 6.45) is 0.911. The van der Waals surface area contributed by atoms with Gasteiger partial charge in [0.15, 0.2) is 11.5 Å². The normalized spacial score (nSPS) is 21.5. The van der Waals surface area contributed by atoms with E-state index in [2.05, 4.69) is 20.3 Å². The molecule has 5 nitrogen and oxygen atoms in total. The summed E-state index contributed by atoms with van der Waals surface area (Å²) in [6, 6.07) is 3.77. The van der Waals surface area contributed by atoms with E-state index in [-0.39, 0.29) is 17.7 Å². The molecular weight excluding hydrogens is 321 g/mol. The van der Waals surface area contributed by atoms with Crippen molar-refractivity contribution in [3.63, 3.8) is 0 Å². The third kappa shape index (κ3) is 3.81. The van der Waals surface area contributed by atoms with Crippen LogP contribution in [0.25, 0.3) is 11.4 Å². The number of aliphatic hydroxyl groups excluding tert-OH is 1. The standard InChI is InChI=1S/C16H17F3N4O/c17-16(18,19)13-8-14(21-11-5-1-2-6-12(11)24)23-15(22-13)10-4-3-7-20-9-10/h3-4,7-9,11-12,24H,1-2,5-6H2,(H,21,22,23)/t11-,12-/m0/s1. The molecule has 1 fully saturated rings. The SMILES string of the molecule is O[C@H]1CCCC[C@@H]1Nc1cc(C(F)(F)F)nc(-c2cccnc2)n1. The molecule has 0 bridgehead atoms. The zero-order chi connectivity index (χ0) is 17.2. The summed E-state index contributed by atoms with van der Waals surface area (Å²) in [4.78, 5) is 11.7.